The van der Waals surface area contributed by atoms with Crippen LogP contribution in [0.15, 0.2) is 109 Å². The predicted molar refractivity (Wildman–Crippen MR) is 163 cm³/mol. The van der Waals surface area contributed by atoms with E-state index in [4.69, 9.17) is 23.1 Å². The number of carbonyl (C=O) groups excluding carboxylic acids is 3. The molecular formula is C31H24ClF3N6O3. The number of amides is 2. The molecule has 13 heteroatoms. The van der Waals surface area contributed by atoms with Crippen LogP contribution in [-0.2, 0) is 0 Å². The van der Waals surface area contributed by atoms with E-state index in [-0.39, 0.29) is 28.6 Å². The molecule has 0 atom stereocenters. The van der Waals surface area contributed by atoms with Gasteiger partial charge in [-0.2, -0.15) is 0 Å². The average Bonchev–Trinajstić information content (AvgIpc) is 2.99. The second-order valence-corrected chi connectivity index (χ2v) is 8.94. The Bertz CT molecular complexity index is 1630. The van der Waals surface area contributed by atoms with Crippen molar-refractivity contribution in [1.82, 2.24) is 9.97 Å². The highest BCUT2D eigenvalue weighted by Gasteiger charge is 2.10. The fraction of sp³-hybridized carbons (Fsp3) is 0. The molecule has 2 heterocycles. The summed E-state index contributed by atoms with van der Waals surface area (Å²) in [4.78, 5) is 42.5. The van der Waals surface area contributed by atoms with Gasteiger partial charge in [0.15, 0.2) is 0 Å². The number of anilines is 4. The summed E-state index contributed by atoms with van der Waals surface area (Å²) in [6.45, 7) is 0. The zero-order chi connectivity index (χ0) is 32.1. The number of rotatable bonds is 5. The number of carbonyl (C=O) groups is 3. The van der Waals surface area contributed by atoms with Gasteiger partial charge >= 0.3 is 0 Å². The number of nitrogens with zero attached hydrogens (tertiary/aromatic N) is 2. The second kappa shape index (κ2) is 16.0. The smallest absolute Gasteiger partial charge is 0.256 e. The molecule has 2 aromatic heterocycles. The Kier molecular flexibility index (Phi) is 11.9. The van der Waals surface area contributed by atoms with Gasteiger partial charge in [0.2, 0.25) is 0 Å². The van der Waals surface area contributed by atoms with Gasteiger partial charge in [0, 0.05) is 16.7 Å². The first kappa shape index (κ1) is 32.8. The Balaban J connectivity index is 0.000000238. The second-order valence-electron chi connectivity index (χ2n) is 8.60. The molecule has 0 saturated carbocycles. The van der Waals surface area contributed by atoms with Crippen LogP contribution in [0.5, 0.6) is 0 Å². The summed E-state index contributed by atoms with van der Waals surface area (Å²) in [5.41, 5.74) is 11.4. The summed E-state index contributed by atoms with van der Waals surface area (Å²) in [6, 6.07) is 25.0. The van der Waals surface area contributed by atoms with E-state index >= 15 is 0 Å². The fourth-order valence-corrected chi connectivity index (χ4v) is 3.33. The van der Waals surface area contributed by atoms with Gasteiger partial charge in [0.25, 0.3) is 17.1 Å². The molecule has 0 radical (unpaired) electrons. The van der Waals surface area contributed by atoms with Crippen molar-refractivity contribution in [1.29, 1.82) is 0 Å². The predicted octanol–water partition coefficient (Wildman–Crippen LogP) is 6.32. The van der Waals surface area contributed by atoms with Crippen molar-refractivity contribution in [2.45, 2.75) is 0 Å². The third-order valence-electron chi connectivity index (χ3n) is 5.31. The Labute approximate surface area is 254 Å². The van der Waals surface area contributed by atoms with E-state index < -0.39 is 28.7 Å². The molecule has 2 amide bonds. The van der Waals surface area contributed by atoms with Gasteiger partial charge in [-0.1, -0.05) is 12.1 Å². The minimum Gasteiger partial charge on any atom is -0.384 e. The molecule has 0 spiro atoms. The first-order chi connectivity index (χ1) is 21.0. The summed E-state index contributed by atoms with van der Waals surface area (Å²) in [5.74, 6) is -0.807. The summed E-state index contributed by atoms with van der Waals surface area (Å²) >= 11 is 5.09. The lowest BCUT2D eigenvalue weighted by atomic mass is 10.2. The zero-order valence-electron chi connectivity index (χ0n) is 22.7. The van der Waals surface area contributed by atoms with Crippen LogP contribution in [0.3, 0.4) is 0 Å². The Morgan fingerprint density at radius 1 is 0.523 bits per heavy atom. The molecule has 6 N–H and O–H groups in total. The highest BCUT2D eigenvalue weighted by molar-refractivity contribution is 6.67. The number of halogens is 4. The van der Waals surface area contributed by atoms with E-state index in [0.29, 0.717) is 17.2 Å². The lowest BCUT2D eigenvalue weighted by molar-refractivity contribution is 0.101. The van der Waals surface area contributed by atoms with Crippen LogP contribution in [0.2, 0.25) is 0 Å². The quantitative estimate of drug-likeness (QED) is 0.168. The molecule has 0 fully saturated rings. The van der Waals surface area contributed by atoms with Gasteiger partial charge in [0.1, 0.15) is 40.7 Å². The first-order valence-corrected chi connectivity index (χ1v) is 12.9. The number of nitrogens with two attached hydrogens (primary N) is 2. The van der Waals surface area contributed by atoms with Crippen molar-refractivity contribution in [3.8, 4) is 0 Å². The van der Waals surface area contributed by atoms with Crippen molar-refractivity contribution in [2.75, 3.05) is 22.1 Å². The molecule has 0 aliphatic rings. The van der Waals surface area contributed by atoms with Gasteiger partial charge in [-0.25, -0.2) is 23.1 Å². The maximum Gasteiger partial charge on any atom is 0.256 e. The SMILES string of the molecule is Nc1cccc(N)n1.O=C(Cl)c1ccc(F)cc1.O=C(Nc1cccc(NC(=O)c2ccc(F)cc2)n1)c1ccc(F)cc1. The number of aromatic nitrogens is 2. The van der Waals surface area contributed by atoms with Crippen molar-refractivity contribution < 1.29 is 27.6 Å². The van der Waals surface area contributed by atoms with Crippen LogP contribution in [0.25, 0.3) is 0 Å². The lowest BCUT2D eigenvalue weighted by Gasteiger charge is -2.08. The minimum absolute atomic E-state index is 0.219. The van der Waals surface area contributed by atoms with Crippen LogP contribution in [-0.4, -0.2) is 27.0 Å². The summed E-state index contributed by atoms with van der Waals surface area (Å²) in [5, 5.41) is 4.56. The number of hydrogen-bond acceptors (Lipinski definition) is 7. The summed E-state index contributed by atoms with van der Waals surface area (Å²) in [6.07, 6.45) is 0. The third-order valence-corrected chi connectivity index (χ3v) is 5.53. The van der Waals surface area contributed by atoms with E-state index in [0.717, 1.165) is 0 Å². The number of nitrogens with one attached hydrogen (secondary N) is 2. The molecule has 9 nitrogen and oxygen atoms in total. The summed E-state index contributed by atoms with van der Waals surface area (Å²) < 4.78 is 38.0. The van der Waals surface area contributed by atoms with Crippen LogP contribution < -0.4 is 22.1 Å². The molecule has 5 rings (SSSR count). The molecule has 0 aliphatic heterocycles. The molecule has 3 aromatic carbocycles. The molecule has 44 heavy (non-hydrogen) atoms. The fourth-order valence-electron chi connectivity index (χ4n) is 3.20. The highest BCUT2D eigenvalue weighted by atomic mass is 35.5. The molecule has 0 unspecified atom stereocenters. The van der Waals surface area contributed by atoms with Crippen molar-refractivity contribution in [2.24, 2.45) is 0 Å². The van der Waals surface area contributed by atoms with E-state index in [9.17, 15) is 27.6 Å². The topological polar surface area (TPSA) is 153 Å². The molecule has 0 saturated heterocycles. The average molecular weight is 621 g/mol. The minimum atomic E-state index is -0.569. The van der Waals surface area contributed by atoms with E-state index in [2.05, 4.69) is 20.6 Å². The normalized spacial score (nSPS) is 9.82. The van der Waals surface area contributed by atoms with E-state index in [1.165, 1.54) is 72.8 Å². The zero-order valence-corrected chi connectivity index (χ0v) is 23.4. The number of benzene rings is 3. The van der Waals surface area contributed by atoms with Crippen LogP contribution in [0.1, 0.15) is 31.1 Å². The number of nitrogen functional groups attached to an aromatic ring is 2. The van der Waals surface area contributed by atoms with Crippen LogP contribution in [0.4, 0.5) is 36.4 Å². The van der Waals surface area contributed by atoms with Gasteiger partial charge in [-0.05, 0) is 109 Å². The molecule has 224 valence electrons. The Morgan fingerprint density at radius 2 is 0.864 bits per heavy atom. The monoisotopic (exact) mass is 620 g/mol. The maximum absolute atomic E-state index is 12.9. The Morgan fingerprint density at radius 3 is 1.18 bits per heavy atom. The lowest BCUT2D eigenvalue weighted by Crippen LogP contribution is -2.15. The van der Waals surface area contributed by atoms with Crippen LogP contribution in [0, 0.1) is 17.5 Å². The first-order valence-electron chi connectivity index (χ1n) is 12.5. The summed E-state index contributed by atoms with van der Waals surface area (Å²) in [7, 11) is 0. The molecule has 0 bridgehead atoms. The van der Waals surface area contributed by atoms with Gasteiger partial charge in [-0.15, -0.1) is 0 Å². The van der Waals surface area contributed by atoms with Crippen molar-refractivity contribution in [3.05, 3.63) is 143 Å². The van der Waals surface area contributed by atoms with Crippen molar-refractivity contribution in [3.63, 3.8) is 0 Å². The maximum atomic E-state index is 12.9. The van der Waals surface area contributed by atoms with E-state index in [1.54, 1.807) is 36.4 Å². The Hall–Kier alpha value is -5.75. The van der Waals surface area contributed by atoms with Gasteiger partial charge in [0.05, 0.1) is 0 Å². The highest BCUT2D eigenvalue weighted by Crippen LogP contribution is 2.13. The largest absolute Gasteiger partial charge is 0.384 e. The van der Waals surface area contributed by atoms with Gasteiger partial charge < -0.3 is 22.1 Å². The van der Waals surface area contributed by atoms with Crippen LogP contribution >= 0.6 is 11.6 Å². The van der Waals surface area contributed by atoms with E-state index in [1.807, 2.05) is 0 Å². The van der Waals surface area contributed by atoms with Crippen molar-refractivity contribution >= 4 is 51.9 Å². The number of pyridine rings is 2. The molecular weight excluding hydrogens is 597 g/mol. The molecule has 0 aliphatic carbocycles. The molecule has 5 aromatic rings. The van der Waals surface area contributed by atoms with Gasteiger partial charge in [-0.3, -0.25) is 14.4 Å². The standard InChI is InChI=1S/C19H13F2N3O2.C7H4ClFO.C5H7N3/c20-14-8-4-12(5-9-14)18(25)23-16-2-1-3-17(22-16)24-19(26)13-6-10-15(21)11-7-13;8-7(10)5-1-3-6(9)4-2-5;6-4-2-1-3-5(7)8-4/h1-11H,(H2,22,23,24,25,26);1-4H;1-3H,(H4,6,7,8). The third kappa shape index (κ3) is 10.9. The number of hydrogen-bond donors (Lipinski definition) is 4.